The van der Waals surface area contributed by atoms with Crippen molar-refractivity contribution in [2.45, 2.75) is 19.4 Å². The van der Waals surface area contributed by atoms with Crippen LogP contribution in [-0.4, -0.2) is 36.3 Å². The standard InChI is InChI=1S/C12H18N2O4/c1-2-18-7-6-11(16)14-12(17)13-10-5-3-4-9(10)8-15/h3,5-7,9-10,15H,2,4,8H2,1H3,(H2,13,14,16,17)/b7-6+/t9-,10-/m0/s1. The van der Waals surface area contributed by atoms with Crippen LogP contribution in [0.1, 0.15) is 13.3 Å². The van der Waals surface area contributed by atoms with Crippen LogP contribution in [0.2, 0.25) is 0 Å². The minimum absolute atomic E-state index is 0.00383. The normalized spacial score (nSPS) is 22.1. The van der Waals surface area contributed by atoms with Crippen molar-refractivity contribution in [3.8, 4) is 0 Å². The monoisotopic (exact) mass is 254 g/mol. The van der Waals surface area contributed by atoms with E-state index in [2.05, 4.69) is 10.6 Å². The number of carbonyl (C=O) groups excluding carboxylic acids is 2. The van der Waals surface area contributed by atoms with E-state index in [0.29, 0.717) is 6.61 Å². The van der Waals surface area contributed by atoms with E-state index in [9.17, 15) is 9.59 Å². The van der Waals surface area contributed by atoms with Crippen molar-refractivity contribution in [3.05, 3.63) is 24.5 Å². The molecule has 0 bridgehead atoms. The lowest BCUT2D eigenvalue weighted by molar-refractivity contribution is -0.115. The summed E-state index contributed by atoms with van der Waals surface area (Å²) in [6, 6.07) is -0.824. The number of aliphatic hydroxyl groups excluding tert-OH is 1. The Morgan fingerprint density at radius 2 is 2.33 bits per heavy atom. The van der Waals surface area contributed by atoms with Gasteiger partial charge in [-0.1, -0.05) is 12.2 Å². The van der Waals surface area contributed by atoms with Crippen LogP contribution in [0.3, 0.4) is 0 Å². The largest absolute Gasteiger partial charge is 0.501 e. The minimum Gasteiger partial charge on any atom is -0.501 e. The molecule has 3 amide bonds. The van der Waals surface area contributed by atoms with Gasteiger partial charge in [0.15, 0.2) is 0 Å². The molecule has 1 aliphatic carbocycles. The second kappa shape index (κ2) is 7.50. The van der Waals surface area contributed by atoms with Gasteiger partial charge in [-0.3, -0.25) is 10.1 Å². The first-order valence-corrected chi connectivity index (χ1v) is 5.84. The Kier molecular flexibility index (Phi) is 5.93. The Morgan fingerprint density at radius 1 is 1.56 bits per heavy atom. The van der Waals surface area contributed by atoms with E-state index < -0.39 is 11.9 Å². The Labute approximate surface area is 106 Å². The van der Waals surface area contributed by atoms with E-state index in [1.807, 2.05) is 6.08 Å². The summed E-state index contributed by atoms with van der Waals surface area (Å²) in [4.78, 5) is 22.7. The highest BCUT2D eigenvalue weighted by molar-refractivity contribution is 6.00. The number of urea groups is 1. The minimum atomic E-state index is -0.587. The average Bonchev–Trinajstić information content (AvgIpc) is 2.76. The van der Waals surface area contributed by atoms with Gasteiger partial charge >= 0.3 is 6.03 Å². The molecule has 0 aromatic rings. The fourth-order valence-corrected chi connectivity index (χ4v) is 1.60. The summed E-state index contributed by atoms with van der Waals surface area (Å²) in [5, 5.41) is 13.8. The van der Waals surface area contributed by atoms with Gasteiger partial charge in [-0.25, -0.2) is 4.79 Å². The van der Waals surface area contributed by atoms with E-state index >= 15 is 0 Å². The fourth-order valence-electron chi connectivity index (χ4n) is 1.60. The lowest BCUT2D eigenvalue weighted by atomic mass is 10.0. The summed E-state index contributed by atoms with van der Waals surface area (Å²) in [5.74, 6) is -0.576. The van der Waals surface area contributed by atoms with E-state index in [4.69, 9.17) is 9.84 Å². The number of imide groups is 1. The number of amides is 3. The summed E-state index contributed by atoms with van der Waals surface area (Å²) < 4.78 is 4.84. The first kappa shape index (κ1) is 14.2. The van der Waals surface area contributed by atoms with Crippen molar-refractivity contribution in [1.29, 1.82) is 0 Å². The number of hydrogen-bond donors (Lipinski definition) is 3. The SMILES string of the molecule is CCO/C=C/C(=O)NC(=O)N[C@H]1C=CC[C@H]1CO. The van der Waals surface area contributed by atoms with Crippen molar-refractivity contribution < 1.29 is 19.4 Å². The molecule has 6 nitrogen and oxygen atoms in total. The maximum absolute atomic E-state index is 11.5. The van der Waals surface area contributed by atoms with Crippen molar-refractivity contribution in [2.75, 3.05) is 13.2 Å². The Hall–Kier alpha value is -1.82. The van der Waals surface area contributed by atoms with Gasteiger partial charge in [0.1, 0.15) is 0 Å². The number of carbonyl (C=O) groups is 2. The quantitative estimate of drug-likeness (QED) is 0.374. The van der Waals surface area contributed by atoms with Crippen LogP contribution in [0.25, 0.3) is 0 Å². The molecular formula is C12H18N2O4. The molecule has 18 heavy (non-hydrogen) atoms. The lowest BCUT2D eigenvalue weighted by Gasteiger charge is -2.18. The van der Waals surface area contributed by atoms with Gasteiger partial charge in [-0.05, 0) is 13.3 Å². The molecule has 0 aromatic heterocycles. The van der Waals surface area contributed by atoms with Gasteiger partial charge in [-0.15, -0.1) is 0 Å². The van der Waals surface area contributed by atoms with E-state index in [-0.39, 0.29) is 18.6 Å². The number of aliphatic hydroxyl groups is 1. The van der Waals surface area contributed by atoms with Crippen molar-refractivity contribution in [2.24, 2.45) is 5.92 Å². The van der Waals surface area contributed by atoms with Crippen LogP contribution in [0.4, 0.5) is 4.79 Å². The summed E-state index contributed by atoms with van der Waals surface area (Å²) >= 11 is 0. The van der Waals surface area contributed by atoms with Crippen LogP contribution >= 0.6 is 0 Å². The topological polar surface area (TPSA) is 87.7 Å². The van der Waals surface area contributed by atoms with Crippen LogP contribution in [0.15, 0.2) is 24.5 Å². The van der Waals surface area contributed by atoms with Gasteiger partial charge in [0.2, 0.25) is 0 Å². The van der Waals surface area contributed by atoms with Gasteiger partial charge in [-0.2, -0.15) is 0 Å². The van der Waals surface area contributed by atoms with Crippen LogP contribution in [0.5, 0.6) is 0 Å². The molecular weight excluding hydrogens is 236 g/mol. The average molecular weight is 254 g/mol. The summed E-state index contributed by atoms with van der Waals surface area (Å²) in [6.45, 7) is 2.24. The van der Waals surface area contributed by atoms with E-state index in [1.54, 1.807) is 13.0 Å². The Morgan fingerprint density at radius 3 is 3.00 bits per heavy atom. The summed E-state index contributed by atoms with van der Waals surface area (Å²) in [6.07, 6.45) is 6.79. The molecule has 0 unspecified atom stereocenters. The van der Waals surface area contributed by atoms with Gasteiger partial charge in [0.25, 0.3) is 5.91 Å². The van der Waals surface area contributed by atoms with Crippen molar-refractivity contribution in [3.63, 3.8) is 0 Å². The predicted octanol–water partition coefficient (Wildman–Crippen LogP) is 0.299. The van der Waals surface area contributed by atoms with Crippen LogP contribution in [0, 0.1) is 5.92 Å². The first-order valence-electron chi connectivity index (χ1n) is 5.84. The van der Waals surface area contributed by atoms with Gasteiger partial charge in [0, 0.05) is 18.6 Å². The second-order valence-electron chi connectivity index (χ2n) is 3.85. The second-order valence-corrected chi connectivity index (χ2v) is 3.85. The number of nitrogens with one attached hydrogen (secondary N) is 2. The van der Waals surface area contributed by atoms with Crippen molar-refractivity contribution >= 4 is 11.9 Å². The molecule has 0 fully saturated rings. The van der Waals surface area contributed by atoms with E-state index in [0.717, 1.165) is 12.5 Å². The highest BCUT2D eigenvalue weighted by atomic mass is 16.5. The van der Waals surface area contributed by atoms with Gasteiger partial charge in [0.05, 0.1) is 18.9 Å². The molecule has 1 rings (SSSR count). The third-order valence-electron chi connectivity index (χ3n) is 2.54. The molecule has 1 aliphatic rings. The first-order chi connectivity index (χ1) is 8.67. The Bertz CT molecular complexity index is 352. The molecule has 2 atom stereocenters. The molecule has 0 saturated carbocycles. The lowest BCUT2D eigenvalue weighted by Crippen LogP contribution is -2.45. The summed E-state index contributed by atoms with van der Waals surface area (Å²) in [5.41, 5.74) is 0. The maximum atomic E-state index is 11.5. The Balaban J connectivity index is 2.33. The van der Waals surface area contributed by atoms with E-state index in [1.165, 1.54) is 6.26 Å². The molecule has 0 aromatic carbocycles. The highest BCUT2D eigenvalue weighted by Crippen LogP contribution is 2.17. The third-order valence-corrected chi connectivity index (χ3v) is 2.54. The molecule has 0 aliphatic heterocycles. The zero-order chi connectivity index (χ0) is 13.4. The zero-order valence-corrected chi connectivity index (χ0v) is 10.3. The number of hydrogen-bond acceptors (Lipinski definition) is 4. The van der Waals surface area contributed by atoms with Gasteiger partial charge < -0.3 is 15.2 Å². The van der Waals surface area contributed by atoms with Crippen LogP contribution in [-0.2, 0) is 9.53 Å². The highest BCUT2D eigenvalue weighted by Gasteiger charge is 2.23. The molecule has 3 N–H and O–H groups in total. The van der Waals surface area contributed by atoms with Crippen LogP contribution < -0.4 is 10.6 Å². The fraction of sp³-hybridized carbons (Fsp3) is 0.500. The molecule has 0 spiro atoms. The molecule has 100 valence electrons. The molecule has 0 saturated heterocycles. The van der Waals surface area contributed by atoms with Crippen molar-refractivity contribution in [1.82, 2.24) is 10.6 Å². The molecule has 0 radical (unpaired) electrons. The smallest absolute Gasteiger partial charge is 0.322 e. The maximum Gasteiger partial charge on any atom is 0.322 e. The molecule has 0 heterocycles. The summed E-state index contributed by atoms with van der Waals surface area (Å²) in [7, 11) is 0. The number of rotatable bonds is 5. The number of ether oxygens (including phenoxy) is 1. The zero-order valence-electron chi connectivity index (χ0n) is 10.3. The third kappa shape index (κ3) is 4.58. The predicted molar refractivity (Wildman–Crippen MR) is 65.6 cm³/mol. The number of allylic oxidation sites excluding steroid dienone is 1. The molecule has 6 heteroatoms.